The van der Waals surface area contributed by atoms with E-state index in [-0.39, 0.29) is 24.6 Å². The highest BCUT2D eigenvalue weighted by molar-refractivity contribution is 7.89. The second-order valence-electron chi connectivity index (χ2n) is 2.64. The molecule has 0 fully saturated rings. The molecule has 0 aliphatic carbocycles. The van der Waals surface area contributed by atoms with Gasteiger partial charge in [-0.05, 0) is 6.42 Å². The number of carboxylic acids is 1. The fraction of sp³-hybridized carbons (Fsp3) is 0.833. The summed E-state index contributed by atoms with van der Waals surface area (Å²) in [5, 5.41) is 8.39. The van der Waals surface area contributed by atoms with Gasteiger partial charge in [0.1, 0.15) is 6.04 Å². The highest BCUT2D eigenvalue weighted by Crippen LogP contribution is 1.94. The summed E-state index contributed by atoms with van der Waals surface area (Å²) >= 11 is 5.27. The lowest BCUT2D eigenvalue weighted by Gasteiger charge is -2.07. The standard InChI is InChI=1S/C6H13ClN2O4S/c7-2-3-9-14(12,13)4-1-5(8)6(10)11/h5,9H,1-4,8H2,(H,10,11)/t5-/m0/s1. The fourth-order valence-corrected chi connectivity index (χ4v) is 2.00. The summed E-state index contributed by atoms with van der Waals surface area (Å²) in [7, 11) is -3.45. The predicted molar refractivity (Wildman–Crippen MR) is 52.7 cm³/mol. The van der Waals surface area contributed by atoms with Gasteiger partial charge in [0.25, 0.3) is 0 Å². The number of carbonyl (C=O) groups is 1. The van der Waals surface area contributed by atoms with E-state index in [1.54, 1.807) is 0 Å². The minimum absolute atomic E-state index is 0.118. The third kappa shape index (κ3) is 6.14. The molecule has 0 aromatic rings. The molecule has 1 atom stereocenters. The van der Waals surface area contributed by atoms with Gasteiger partial charge >= 0.3 is 5.97 Å². The maximum atomic E-state index is 11.1. The van der Waals surface area contributed by atoms with E-state index in [1.165, 1.54) is 0 Å². The molecule has 0 amide bonds. The second kappa shape index (κ2) is 6.18. The van der Waals surface area contributed by atoms with Gasteiger partial charge in [0.2, 0.25) is 10.0 Å². The highest BCUT2D eigenvalue weighted by Gasteiger charge is 2.16. The lowest BCUT2D eigenvalue weighted by molar-refractivity contribution is -0.138. The van der Waals surface area contributed by atoms with Gasteiger partial charge in [-0.1, -0.05) is 0 Å². The average molecular weight is 245 g/mol. The van der Waals surface area contributed by atoms with Gasteiger partial charge in [0, 0.05) is 12.4 Å². The predicted octanol–water partition coefficient (Wildman–Crippen LogP) is -1.05. The quantitative estimate of drug-likeness (QED) is 0.495. The van der Waals surface area contributed by atoms with Crippen LogP contribution in [0.1, 0.15) is 6.42 Å². The van der Waals surface area contributed by atoms with Gasteiger partial charge in [-0.2, -0.15) is 0 Å². The average Bonchev–Trinajstić information content (AvgIpc) is 2.11. The molecule has 4 N–H and O–H groups in total. The smallest absolute Gasteiger partial charge is 0.320 e. The van der Waals surface area contributed by atoms with Crippen molar-refractivity contribution in [2.24, 2.45) is 5.73 Å². The number of carboxylic acid groups (broad SMARTS) is 1. The third-order valence-corrected chi connectivity index (χ3v) is 3.04. The van der Waals surface area contributed by atoms with Crippen LogP contribution in [0, 0.1) is 0 Å². The van der Waals surface area contributed by atoms with Crippen LogP contribution >= 0.6 is 11.6 Å². The van der Waals surface area contributed by atoms with Gasteiger partial charge in [0.05, 0.1) is 5.75 Å². The zero-order valence-corrected chi connectivity index (χ0v) is 9.01. The third-order valence-electron chi connectivity index (χ3n) is 1.43. The van der Waals surface area contributed by atoms with E-state index in [9.17, 15) is 13.2 Å². The Labute approximate surface area is 87.5 Å². The Balaban J connectivity index is 3.93. The lowest BCUT2D eigenvalue weighted by atomic mass is 10.2. The van der Waals surface area contributed by atoms with Gasteiger partial charge < -0.3 is 10.8 Å². The summed E-state index contributed by atoms with van der Waals surface area (Å²) in [6.07, 6.45) is -0.118. The number of hydrogen-bond donors (Lipinski definition) is 3. The van der Waals surface area contributed by atoms with Crippen molar-refractivity contribution >= 4 is 27.6 Å². The Bertz CT molecular complexity index is 280. The Morgan fingerprint density at radius 3 is 2.57 bits per heavy atom. The molecule has 0 aromatic carbocycles. The molecular formula is C6H13ClN2O4S. The number of alkyl halides is 1. The summed E-state index contributed by atoms with van der Waals surface area (Å²) in [4.78, 5) is 10.3. The minimum atomic E-state index is -3.45. The Morgan fingerprint density at radius 1 is 1.57 bits per heavy atom. The summed E-state index contributed by atoms with van der Waals surface area (Å²) in [5.74, 6) is -1.35. The molecule has 0 aliphatic heterocycles. The first-order valence-electron chi connectivity index (χ1n) is 3.90. The zero-order valence-electron chi connectivity index (χ0n) is 7.44. The first-order chi connectivity index (χ1) is 6.39. The van der Waals surface area contributed by atoms with Crippen molar-refractivity contribution in [2.45, 2.75) is 12.5 Å². The molecule has 0 saturated carbocycles. The monoisotopic (exact) mass is 244 g/mol. The fourth-order valence-electron chi connectivity index (χ4n) is 0.672. The van der Waals surface area contributed by atoms with Crippen molar-refractivity contribution in [2.75, 3.05) is 18.2 Å². The molecule has 0 aliphatic rings. The number of nitrogens with two attached hydrogens (primary N) is 1. The lowest BCUT2D eigenvalue weighted by Crippen LogP contribution is -2.35. The molecule has 0 aromatic heterocycles. The maximum absolute atomic E-state index is 11.1. The molecule has 0 bridgehead atoms. The molecule has 0 saturated heterocycles. The molecule has 14 heavy (non-hydrogen) atoms. The van der Waals surface area contributed by atoms with Crippen LogP contribution in [0.25, 0.3) is 0 Å². The molecule has 0 unspecified atom stereocenters. The van der Waals surface area contributed by atoms with E-state index in [0.717, 1.165) is 0 Å². The molecule has 0 heterocycles. The van der Waals surface area contributed by atoms with Gasteiger partial charge in [-0.15, -0.1) is 11.6 Å². The number of hydrogen-bond acceptors (Lipinski definition) is 4. The number of nitrogens with one attached hydrogen (secondary N) is 1. The molecule has 0 spiro atoms. The van der Waals surface area contributed by atoms with Gasteiger partial charge in [0.15, 0.2) is 0 Å². The first kappa shape index (κ1) is 13.6. The summed E-state index contributed by atoms with van der Waals surface area (Å²) in [5.41, 5.74) is 5.13. The topological polar surface area (TPSA) is 109 Å². The van der Waals surface area contributed by atoms with Crippen LogP contribution < -0.4 is 10.5 Å². The van der Waals surface area contributed by atoms with Crippen LogP contribution in [0.3, 0.4) is 0 Å². The van der Waals surface area contributed by atoms with Crippen molar-refractivity contribution in [3.05, 3.63) is 0 Å². The van der Waals surface area contributed by atoms with Crippen LogP contribution in [0.4, 0.5) is 0 Å². The zero-order chi connectivity index (χ0) is 11.2. The van der Waals surface area contributed by atoms with Crippen LogP contribution in [-0.2, 0) is 14.8 Å². The van der Waals surface area contributed by atoms with Crippen molar-refractivity contribution in [1.82, 2.24) is 4.72 Å². The van der Waals surface area contributed by atoms with E-state index in [4.69, 9.17) is 22.4 Å². The summed E-state index contributed by atoms with van der Waals surface area (Å²) < 4.78 is 24.4. The number of sulfonamides is 1. The largest absolute Gasteiger partial charge is 0.480 e. The van der Waals surface area contributed by atoms with E-state index in [2.05, 4.69) is 4.72 Å². The number of rotatable bonds is 7. The Morgan fingerprint density at radius 2 is 2.14 bits per heavy atom. The van der Waals surface area contributed by atoms with E-state index >= 15 is 0 Å². The van der Waals surface area contributed by atoms with Crippen molar-refractivity contribution in [1.29, 1.82) is 0 Å². The molecule has 0 rings (SSSR count). The van der Waals surface area contributed by atoms with Crippen LogP contribution in [-0.4, -0.2) is 43.7 Å². The number of halogens is 1. The number of aliphatic carboxylic acids is 1. The van der Waals surface area contributed by atoms with Crippen LogP contribution in [0.15, 0.2) is 0 Å². The van der Waals surface area contributed by atoms with Crippen molar-refractivity contribution < 1.29 is 18.3 Å². The summed E-state index contributed by atoms with van der Waals surface area (Å²) in [6, 6.07) is -1.15. The highest BCUT2D eigenvalue weighted by atomic mass is 35.5. The Kier molecular flexibility index (Phi) is 6.01. The molecular weight excluding hydrogens is 232 g/mol. The summed E-state index contributed by atoms with van der Waals surface area (Å²) in [6.45, 7) is 0.131. The second-order valence-corrected chi connectivity index (χ2v) is 4.94. The van der Waals surface area contributed by atoms with E-state index < -0.39 is 22.0 Å². The maximum Gasteiger partial charge on any atom is 0.320 e. The van der Waals surface area contributed by atoms with Crippen LogP contribution in [0.5, 0.6) is 0 Å². The van der Waals surface area contributed by atoms with Gasteiger partial charge in [-0.25, -0.2) is 13.1 Å². The minimum Gasteiger partial charge on any atom is -0.480 e. The Hall–Kier alpha value is -0.370. The van der Waals surface area contributed by atoms with Crippen molar-refractivity contribution in [3.8, 4) is 0 Å². The van der Waals surface area contributed by atoms with E-state index in [1.807, 2.05) is 0 Å². The molecule has 8 heteroatoms. The molecule has 6 nitrogen and oxygen atoms in total. The first-order valence-corrected chi connectivity index (χ1v) is 6.09. The molecule has 0 radical (unpaired) electrons. The van der Waals surface area contributed by atoms with E-state index in [0.29, 0.717) is 0 Å². The SMILES string of the molecule is N[C@@H](CCS(=O)(=O)NCCCl)C(=O)O. The normalized spacial score (nSPS) is 13.9. The van der Waals surface area contributed by atoms with Crippen LogP contribution in [0.2, 0.25) is 0 Å². The molecule has 84 valence electrons. The van der Waals surface area contributed by atoms with Crippen molar-refractivity contribution in [3.63, 3.8) is 0 Å². The van der Waals surface area contributed by atoms with Gasteiger partial charge in [-0.3, -0.25) is 4.79 Å².